The van der Waals surface area contributed by atoms with Crippen LogP contribution in [-0.4, -0.2) is 67.4 Å². The lowest BCUT2D eigenvalue weighted by atomic mass is 9.92. The Labute approximate surface area is 167 Å². The number of hydrogen-bond acceptors (Lipinski definition) is 5. The van der Waals surface area contributed by atoms with Crippen LogP contribution in [0.2, 0.25) is 0 Å². The summed E-state index contributed by atoms with van der Waals surface area (Å²) in [5.41, 5.74) is 0. The molecule has 0 unspecified atom stereocenters. The zero-order valence-corrected chi connectivity index (χ0v) is 17.0. The third-order valence-electron chi connectivity index (χ3n) is 6.30. The highest BCUT2D eigenvalue weighted by molar-refractivity contribution is 5.70. The Morgan fingerprint density at radius 2 is 1.82 bits per heavy atom. The van der Waals surface area contributed by atoms with Crippen molar-refractivity contribution >= 4 is 6.09 Å². The van der Waals surface area contributed by atoms with Crippen LogP contribution < -0.4 is 9.47 Å². The van der Waals surface area contributed by atoms with E-state index >= 15 is 0 Å². The van der Waals surface area contributed by atoms with E-state index in [1.54, 1.807) is 0 Å². The Bertz CT molecular complexity index is 672. The average molecular weight is 389 g/mol. The van der Waals surface area contributed by atoms with Crippen molar-refractivity contribution in [2.45, 2.75) is 45.3 Å². The average Bonchev–Trinajstić information content (AvgIpc) is 3.08. The van der Waals surface area contributed by atoms with E-state index in [1.807, 2.05) is 29.2 Å². The minimum absolute atomic E-state index is 0.0950. The highest BCUT2D eigenvalue weighted by Crippen LogP contribution is 2.31. The van der Waals surface area contributed by atoms with E-state index < -0.39 is 0 Å². The molecule has 3 heterocycles. The van der Waals surface area contributed by atoms with E-state index in [0.717, 1.165) is 44.1 Å². The zero-order valence-electron chi connectivity index (χ0n) is 17.0. The first-order valence-corrected chi connectivity index (χ1v) is 10.6. The Morgan fingerprint density at radius 3 is 2.57 bits per heavy atom. The van der Waals surface area contributed by atoms with Crippen LogP contribution in [0.15, 0.2) is 24.3 Å². The summed E-state index contributed by atoms with van der Waals surface area (Å²) in [4.78, 5) is 16.4. The summed E-state index contributed by atoms with van der Waals surface area (Å²) in [6.07, 6.45) is 3.39. The fraction of sp³-hybridized carbons (Fsp3) is 0.682. The zero-order chi connectivity index (χ0) is 19.5. The van der Waals surface area contributed by atoms with Gasteiger partial charge in [-0.2, -0.15) is 0 Å². The predicted molar refractivity (Wildman–Crippen MR) is 107 cm³/mol. The van der Waals surface area contributed by atoms with Crippen LogP contribution in [0.1, 0.15) is 33.1 Å². The van der Waals surface area contributed by atoms with Crippen molar-refractivity contribution in [3.8, 4) is 11.5 Å². The summed E-state index contributed by atoms with van der Waals surface area (Å²) in [6, 6.07) is 8.12. The molecule has 0 aromatic heterocycles. The third kappa shape index (κ3) is 4.37. The van der Waals surface area contributed by atoms with Crippen LogP contribution in [-0.2, 0) is 4.74 Å². The van der Waals surface area contributed by atoms with Gasteiger partial charge in [-0.15, -0.1) is 0 Å². The van der Waals surface area contributed by atoms with Gasteiger partial charge in [-0.25, -0.2) is 4.79 Å². The first kappa shape index (κ1) is 19.4. The number of piperidine rings is 1. The van der Waals surface area contributed by atoms with Gasteiger partial charge in [0.1, 0.15) is 19.3 Å². The molecule has 0 spiro atoms. The first-order chi connectivity index (χ1) is 13.6. The molecule has 0 saturated carbocycles. The standard InChI is InChI=1S/C22H32N2O4/c1-16(2)19-15-27-22(25)24(19)12-9-17-7-10-23(11-8-17)13-18-14-26-20-5-3-4-6-21(20)28-18/h3-6,16-19H,7-15H2,1-2H3/t18-,19+/m0/s1. The van der Waals surface area contributed by atoms with E-state index in [2.05, 4.69) is 18.7 Å². The van der Waals surface area contributed by atoms with Gasteiger partial charge in [-0.05, 0) is 56.3 Å². The number of hydrogen-bond donors (Lipinski definition) is 0. The van der Waals surface area contributed by atoms with Crippen molar-refractivity contribution in [3.05, 3.63) is 24.3 Å². The van der Waals surface area contributed by atoms with Gasteiger partial charge in [0.15, 0.2) is 11.5 Å². The second kappa shape index (κ2) is 8.60. The fourth-order valence-corrected chi connectivity index (χ4v) is 4.49. The summed E-state index contributed by atoms with van der Waals surface area (Å²) in [7, 11) is 0. The number of rotatable bonds is 6. The van der Waals surface area contributed by atoms with Gasteiger partial charge >= 0.3 is 6.09 Å². The number of ether oxygens (including phenoxy) is 3. The van der Waals surface area contributed by atoms with Crippen LogP contribution in [0, 0.1) is 11.8 Å². The number of nitrogens with zero attached hydrogens (tertiary/aromatic N) is 2. The molecule has 2 fully saturated rings. The molecule has 0 radical (unpaired) electrons. The van der Waals surface area contributed by atoms with Crippen LogP contribution in [0.3, 0.4) is 0 Å². The highest BCUT2D eigenvalue weighted by atomic mass is 16.6. The third-order valence-corrected chi connectivity index (χ3v) is 6.30. The molecule has 3 aliphatic rings. The molecule has 0 aliphatic carbocycles. The van der Waals surface area contributed by atoms with Gasteiger partial charge in [0.25, 0.3) is 0 Å². The van der Waals surface area contributed by atoms with Gasteiger partial charge in [0.05, 0.1) is 6.04 Å². The number of fused-ring (bicyclic) bond motifs is 1. The van der Waals surface area contributed by atoms with Crippen LogP contribution in [0.4, 0.5) is 4.79 Å². The maximum atomic E-state index is 12.0. The Morgan fingerprint density at radius 1 is 1.07 bits per heavy atom. The largest absolute Gasteiger partial charge is 0.486 e. The molecule has 0 N–H and O–H groups in total. The summed E-state index contributed by atoms with van der Waals surface area (Å²) in [5.74, 6) is 2.82. The molecule has 28 heavy (non-hydrogen) atoms. The normalized spacial score (nSPS) is 26.0. The maximum absolute atomic E-state index is 12.0. The number of benzene rings is 1. The maximum Gasteiger partial charge on any atom is 0.410 e. The van der Waals surface area contributed by atoms with Crippen molar-refractivity contribution < 1.29 is 19.0 Å². The van der Waals surface area contributed by atoms with Gasteiger partial charge in [-0.3, -0.25) is 4.90 Å². The number of amides is 1. The molecule has 6 heteroatoms. The number of carbonyl (C=O) groups excluding carboxylic acids is 1. The van der Waals surface area contributed by atoms with E-state index in [9.17, 15) is 4.79 Å². The summed E-state index contributed by atoms with van der Waals surface area (Å²) < 4.78 is 17.2. The predicted octanol–water partition coefficient (Wildman–Crippen LogP) is 3.41. The lowest BCUT2D eigenvalue weighted by molar-refractivity contribution is 0.0465. The Kier molecular flexibility index (Phi) is 5.95. The molecule has 1 aromatic rings. The van der Waals surface area contributed by atoms with E-state index in [1.165, 1.54) is 12.8 Å². The molecule has 154 valence electrons. The van der Waals surface area contributed by atoms with Crippen LogP contribution >= 0.6 is 0 Å². The van der Waals surface area contributed by atoms with Crippen LogP contribution in [0.25, 0.3) is 0 Å². The lowest BCUT2D eigenvalue weighted by Crippen LogP contribution is -2.44. The molecule has 3 aliphatic heterocycles. The van der Waals surface area contributed by atoms with Crippen molar-refractivity contribution in [1.29, 1.82) is 0 Å². The number of carbonyl (C=O) groups is 1. The Hall–Kier alpha value is -1.95. The molecule has 6 nitrogen and oxygen atoms in total. The summed E-state index contributed by atoms with van der Waals surface area (Å²) >= 11 is 0. The molecule has 2 atom stereocenters. The molecule has 0 bridgehead atoms. The summed E-state index contributed by atoms with van der Waals surface area (Å²) in [5, 5.41) is 0. The molecule has 1 aromatic carbocycles. The van der Waals surface area contributed by atoms with E-state index in [4.69, 9.17) is 14.2 Å². The van der Waals surface area contributed by atoms with Gasteiger partial charge in [0.2, 0.25) is 0 Å². The first-order valence-electron chi connectivity index (χ1n) is 10.6. The fourth-order valence-electron chi connectivity index (χ4n) is 4.49. The lowest BCUT2D eigenvalue weighted by Gasteiger charge is -2.36. The van der Waals surface area contributed by atoms with Crippen molar-refractivity contribution in [3.63, 3.8) is 0 Å². The monoisotopic (exact) mass is 388 g/mol. The van der Waals surface area contributed by atoms with Crippen LogP contribution in [0.5, 0.6) is 11.5 Å². The Balaban J connectivity index is 1.20. The van der Waals surface area contributed by atoms with E-state index in [-0.39, 0.29) is 18.2 Å². The number of cyclic esters (lactones) is 1. The topological polar surface area (TPSA) is 51.2 Å². The second-order valence-electron chi connectivity index (χ2n) is 8.61. The van der Waals surface area contributed by atoms with Gasteiger partial charge in [-0.1, -0.05) is 26.0 Å². The molecule has 2 saturated heterocycles. The van der Waals surface area contributed by atoms with Gasteiger partial charge in [0, 0.05) is 13.1 Å². The smallest absolute Gasteiger partial charge is 0.410 e. The summed E-state index contributed by atoms with van der Waals surface area (Å²) in [6.45, 7) is 9.39. The molecular formula is C22H32N2O4. The second-order valence-corrected chi connectivity index (χ2v) is 8.61. The number of likely N-dealkylation sites (tertiary alicyclic amines) is 1. The molecular weight excluding hydrogens is 356 g/mol. The number of para-hydroxylation sites is 2. The minimum Gasteiger partial charge on any atom is -0.486 e. The quantitative estimate of drug-likeness (QED) is 0.748. The van der Waals surface area contributed by atoms with Crippen molar-refractivity contribution in [2.75, 3.05) is 39.4 Å². The van der Waals surface area contributed by atoms with Gasteiger partial charge < -0.3 is 19.1 Å². The van der Waals surface area contributed by atoms with E-state index in [0.29, 0.717) is 25.0 Å². The highest BCUT2D eigenvalue weighted by Gasteiger charge is 2.35. The SMILES string of the molecule is CC(C)[C@H]1COC(=O)N1CCC1CCN(C[C@H]2COc3ccccc3O2)CC1. The molecule has 4 rings (SSSR count). The minimum atomic E-state index is -0.133. The van der Waals surface area contributed by atoms with Crippen molar-refractivity contribution in [2.24, 2.45) is 11.8 Å². The van der Waals surface area contributed by atoms with Crippen molar-refractivity contribution in [1.82, 2.24) is 9.80 Å². The molecule has 1 amide bonds.